The molecule has 0 radical (unpaired) electrons. The van der Waals surface area contributed by atoms with Gasteiger partial charge in [0.15, 0.2) is 0 Å². The molecular weight excluding hydrogens is 285 g/mol. The fraction of sp³-hybridized carbons (Fsp3) is 0.692. The normalized spacial score (nSPS) is 11.5. The third kappa shape index (κ3) is 5.74. The van der Waals surface area contributed by atoms with E-state index in [2.05, 4.69) is 15.3 Å². The predicted molar refractivity (Wildman–Crippen MR) is 75.6 cm³/mol. The maximum atomic E-state index is 12.8. The van der Waals surface area contributed by atoms with Crippen molar-refractivity contribution >= 4 is 11.6 Å². The maximum absolute atomic E-state index is 12.8. The van der Waals surface area contributed by atoms with E-state index in [1.807, 2.05) is 6.92 Å². The summed E-state index contributed by atoms with van der Waals surface area (Å²) in [5.74, 6) is -0.697. The molecule has 1 aromatic heterocycles. The molecule has 0 spiro atoms. The first-order chi connectivity index (χ1) is 9.88. The Kier molecular flexibility index (Phi) is 6.67. The van der Waals surface area contributed by atoms with Gasteiger partial charge in [0.25, 0.3) is 0 Å². The second-order valence-corrected chi connectivity index (χ2v) is 4.63. The van der Waals surface area contributed by atoms with E-state index >= 15 is 0 Å². The van der Waals surface area contributed by atoms with Crippen LogP contribution in [-0.4, -0.2) is 43.8 Å². The van der Waals surface area contributed by atoms with Crippen molar-refractivity contribution in [2.45, 2.75) is 25.9 Å². The summed E-state index contributed by atoms with van der Waals surface area (Å²) in [6.45, 7) is 3.58. The number of hydrogen-bond donors (Lipinski definition) is 1. The fourth-order valence-electron chi connectivity index (χ4n) is 1.66. The first-order valence-corrected chi connectivity index (χ1v) is 6.78. The summed E-state index contributed by atoms with van der Waals surface area (Å²) in [7, 11) is 3.28. The molecule has 21 heavy (non-hydrogen) atoms. The average molecular weight is 306 g/mol. The monoisotopic (exact) mass is 306 g/mol. The SMILES string of the molecule is CCCNc1cc(N(C)CCCOC)nc(C(F)(F)F)n1. The highest BCUT2D eigenvalue weighted by molar-refractivity contribution is 5.49. The molecule has 1 aromatic rings. The van der Waals surface area contributed by atoms with Gasteiger partial charge in [-0.1, -0.05) is 6.92 Å². The number of ether oxygens (including phenoxy) is 1. The van der Waals surface area contributed by atoms with Crippen molar-refractivity contribution in [2.75, 3.05) is 44.1 Å². The highest BCUT2D eigenvalue weighted by atomic mass is 19.4. The minimum Gasteiger partial charge on any atom is -0.385 e. The molecule has 0 atom stereocenters. The van der Waals surface area contributed by atoms with Crippen molar-refractivity contribution in [3.8, 4) is 0 Å². The van der Waals surface area contributed by atoms with Gasteiger partial charge in [-0.3, -0.25) is 0 Å². The van der Waals surface area contributed by atoms with Gasteiger partial charge in [-0.2, -0.15) is 13.2 Å². The number of aromatic nitrogens is 2. The highest BCUT2D eigenvalue weighted by Gasteiger charge is 2.35. The standard InChI is InChI=1S/C13H21F3N4O/c1-4-6-17-10-9-11(20(2)7-5-8-21-3)19-12(18-10)13(14,15)16/h9H,4-8H2,1-3H3,(H,17,18,19). The van der Waals surface area contributed by atoms with Crippen molar-refractivity contribution in [2.24, 2.45) is 0 Å². The molecule has 0 aromatic carbocycles. The quantitative estimate of drug-likeness (QED) is 0.748. The van der Waals surface area contributed by atoms with Crippen LogP contribution in [0.2, 0.25) is 0 Å². The maximum Gasteiger partial charge on any atom is 0.451 e. The van der Waals surface area contributed by atoms with Crippen molar-refractivity contribution in [1.82, 2.24) is 9.97 Å². The number of hydrogen-bond acceptors (Lipinski definition) is 5. The topological polar surface area (TPSA) is 50.3 Å². The van der Waals surface area contributed by atoms with Gasteiger partial charge < -0.3 is 15.0 Å². The van der Waals surface area contributed by atoms with Crippen LogP contribution in [0.15, 0.2) is 6.07 Å². The number of anilines is 2. The predicted octanol–water partition coefficient (Wildman–Crippen LogP) is 2.79. The average Bonchev–Trinajstić information content (AvgIpc) is 2.44. The van der Waals surface area contributed by atoms with Crippen LogP contribution in [-0.2, 0) is 10.9 Å². The largest absolute Gasteiger partial charge is 0.451 e. The Balaban J connectivity index is 2.95. The minimum absolute atomic E-state index is 0.188. The molecule has 0 amide bonds. The minimum atomic E-state index is -4.56. The van der Waals surface area contributed by atoms with E-state index in [1.165, 1.54) is 6.07 Å². The number of methoxy groups -OCH3 is 1. The van der Waals surface area contributed by atoms with Crippen LogP contribution in [0.5, 0.6) is 0 Å². The molecule has 0 aliphatic heterocycles. The molecular formula is C13H21F3N4O. The summed E-state index contributed by atoms with van der Waals surface area (Å²) < 4.78 is 43.5. The lowest BCUT2D eigenvalue weighted by molar-refractivity contribution is -0.144. The van der Waals surface area contributed by atoms with Gasteiger partial charge in [0, 0.05) is 39.9 Å². The van der Waals surface area contributed by atoms with Crippen LogP contribution >= 0.6 is 0 Å². The molecule has 0 aliphatic rings. The van der Waals surface area contributed by atoms with Crippen LogP contribution in [0.1, 0.15) is 25.6 Å². The van der Waals surface area contributed by atoms with Crippen LogP contribution in [0.4, 0.5) is 24.8 Å². The fourth-order valence-corrected chi connectivity index (χ4v) is 1.66. The second kappa shape index (κ2) is 8.02. The van der Waals surface area contributed by atoms with E-state index in [-0.39, 0.29) is 11.6 Å². The van der Waals surface area contributed by atoms with E-state index in [1.54, 1.807) is 19.1 Å². The van der Waals surface area contributed by atoms with Gasteiger partial charge >= 0.3 is 6.18 Å². The van der Waals surface area contributed by atoms with Crippen molar-refractivity contribution < 1.29 is 17.9 Å². The van der Waals surface area contributed by atoms with E-state index in [4.69, 9.17) is 4.74 Å². The third-order valence-corrected chi connectivity index (χ3v) is 2.76. The Morgan fingerprint density at radius 2 is 2.05 bits per heavy atom. The highest BCUT2D eigenvalue weighted by Crippen LogP contribution is 2.29. The molecule has 0 fully saturated rings. The molecule has 8 heteroatoms. The van der Waals surface area contributed by atoms with Gasteiger partial charge in [-0.25, -0.2) is 9.97 Å². The molecule has 0 bridgehead atoms. The lowest BCUT2D eigenvalue weighted by Crippen LogP contribution is -2.23. The van der Waals surface area contributed by atoms with Gasteiger partial charge in [0.05, 0.1) is 0 Å². The molecule has 1 N–H and O–H groups in total. The Labute approximate surface area is 122 Å². The van der Waals surface area contributed by atoms with Crippen LogP contribution in [0.25, 0.3) is 0 Å². The van der Waals surface area contributed by atoms with Gasteiger partial charge in [0.2, 0.25) is 5.82 Å². The zero-order valence-electron chi connectivity index (χ0n) is 12.5. The summed E-state index contributed by atoms with van der Waals surface area (Å²) in [5.41, 5.74) is 0. The van der Waals surface area contributed by atoms with Gasteiger partial charge in [-0.15, -0.1) is 0 Å². The summed E-state index contributed by atoms with van der Waals surface area (Å²) in [6.07, 6.45) is -3.06. The van der Waals surface area contributed by atoms with E-state index < -0.39 is 12.0 Å². The molecule has 0 saturated heterocycles. The molecule has 1 rings (SSSR count). The Bertz CT molecular complexity index is 440. The molecule has 1 heterocycles. The van der Waals surface area contributed by atoms with Crippen molar-refractivity contribution in [3.63, 3.8) is 0 Å². The van der Waals surface area contributed by atoms with Crippen LogP contribution in [0.3, 0.4) is 0 Å². The first-order valence-electron chi connectivity index (χ1n) is 6.78. The number of alkyl halides is 3. The van der Waals surface area contributed by atoms with Crippen molar-refractivity contribution in [1.29, 1.82) is 0 Å². The first kappa shape index (κ1) is 17.5. The zero-order valence-corrected chi connectivity index (χ0v) is 12.5. The molecule has 0 aliphatic carbocycles. The Morgan fingerprint density at radius 3 is 2.62 bits per heavy atom. The van der Waals surface area contributed by atoms with Gasteiger partial charge in [-0.05, 0) is 12.8 Å². The molecule has 5 nitrogen and oxygen atoms in total. The number of nitrogens with zero attached hydrogens (tertiary/aromatic N) is 3. The summed E-state index contributed by atoms with van der Waals surface area (Å²) >= 11 is 0. The Hall–Kier alpha value is -1.57. The summed E-state index contributed by atoms with van der Waals surface area (Å²) in [6, 6.07) is 1.53. The zero-order chi connectivity index (χ0) is 15.9. The molecule has 0 saturated carbocycles. The number of rotatable bonds is 8. The second-order valence-electron chi connectivity index (χ2n) is 4.63. The third-order valence-electron chi connectivity index (χ3n) is 2.76. The van der Waals surface area contributed by atoms with E-state index in [0.29, 0.717) is 26.1 Å². The summed E-state index contributed by atoms with van der Waals surface area (Å²) in [5, 5.41) is 2.87. The van der Waals surface area contributed by atoms with Gasteiger partial charge in [0.1, 0.15) is 11.6 Å². The van der Waals surface area contributed by atoms with E-state index in [9.17, 15) is 13.2 Å². The number of halogens is 3. The smallest absolute Gasteiger partial charge is 0.385 e. The molecule has 120 valence electrons. The lowest BCUT2D eigenvalue weighted by Gasteiger charge is -2.20. The lowest BCUT2D eigenvalue weighted by atomic mass is 10.3. The molecule has 0 unspecified atom stereocenters. The van der Waals surface area contributed by atoms with Crippen molar-refractivity contribution in [3.05, 3.63) is 11.9 Å². The van der Waals surface area contributed by atoms with E-state index in [0.717, 1.165) is 6.42 Å². The van der Waals surface area contributed by atoms with Crippen LogP contribution in [0, 0.1) is 0 Å². The number of nitrogens with one attached hydrogen (secondary N) is 1. The van der Waals surface area contributed by atoms with Crippen LogP contribution < -0.4 is 10.2 Å². The summed E-state index contributed by atoms with van der Waals surface area (Å²) in [4.78, 5) is 8.78. The Morgan fingerprint density at radius 1 is 1.33 bits per heavy atom.